The topological polar surface area (TPSA) is 132 Å². The third-order valence-corrected chi connectivity index (χ3v) is 8.67. The molecule has 0 bridgehead atoms. The number of hydrogen-bond donors (Lipinski definition) is 0. The Labute approximate surface area is 250 Å². The molecule has 1 heterocycles. The van der Waals surface area contributed by atoms with Crippen molar-refractivity contribution < 1.29 is 37.0 Å². The minimum Gasteiger partial charge on any atom is -0.496 e. The van der Waals surface area contributed by atoms with Crippen molar-refractivity contribution in [2.75, 3.05) is 27.4 Å². The van der Waals surface area contributed by atoms with Crippen LogP contribution in [0, 0.1) is 6.92 Å². The molecule has 0 saturated heterocycles. The van der Waals surface area contributed by atoms with E-state index in [9.17, 15) is 22.8 Å². The van der Waals surface area contributed by atoms with Gasteiger partial charge < -0.3 is 14.2 Å². The number of amides is 2. The Balaban J connectivity index is 1.69. The standard InChI is InChI=1S/C31H33N3O8S/c1-21-14-16-24(17-15-21)43(38,39)34(32-19-27-28(40-3)12-7-13-29(27)41-4)23(20-42-22(2)35)9-8-18-33-30(36)25-10-5-6-11-26(25)31(33)37/h5-7,10-17,19,23H,8-9,18,20H2,1-4H3/b32-19+. The number of rotatable bonds is 13. The van der Waals surface area contributed by atoms with E-state index in [1.165, 1.54) is 39.5 Å². The maximum Gasteiger partial charge on any atom is 0.302 e. The van der Waals surface area contributed by atoms with Crippen molar-refractivity contribution in [3.63, 3.8) is 0 Å². The van der Waals surface area contributed by atoms with Crippen molar-refractivity contribution in [3.05, 3.63) is 89.0 Å². The lowest BCUT2D eigenvalue weighted by Gasteiger charge is -2.29. The molecule has 226 valence electrons. The van der Waals surface area contributed by atoms with Crippen LogP contribution < -0.4 is 9.47 Å². The van der Waals surface area contributed by atoms with Crippen molar-refractivity contribution in [2.24, 2.45) is 5.10 Å². The number of hydrogen-bond acceptors (Lipinski definition) is 9. The Bertz CT molecular complexity index is 1580. The Kier molecular flexibility index (Phi) is 9.81. The minimum absolute atomic E-state index is 0.0181. The summed E-state index contributed by atoms with van der Waals surface area (Å²) in [5.74, 6) is -0.630. The summed E-state index contributed by atoms with van der Waals surface area (Å²) in [7, 11) is -1.34. The molecule has 1 aliphatic heterocycles. The maximum absolute atomic E-state index is 14.0. The summed E-state index contributed by atoms with van der Waals surface area (Å²) in [6.07, 6.45) is 1.63. The summed E-state index contributed by atoms with van der Waals surface area (Å²) in [4.78, 5) is 38.7. The van der Waals surface area contributed by atoms with E-state index in [-0.39, 0.29) is 30.9 Å². The number of benzene rings is 3. The molecular weight excluding hydrogens is 574 g/mol. The third-order valence-electron chi connectivity index (χ3n) is 6.92. The molecule has 43 heavy (non-hydrogen) atoms. The number of aryl methyl sites for hydroxylation is 1. The predicted molar refractivity (Wildman–Crippen MR) is 159 cm³/mol. The first-order chi connectivity index (χ1) is 20.6. The molecule has 0 radical (unpaired) electrons. The van der Waals surface area contributed by atoms with Crippen LogP contribution in [0.2, 0.25) is 0 Å². The highest BCUT2D eigenvalue weighted by molar-refractivity contribution is 7.89. The molecule has 1 unspecified atom stereocenters. The molecule has 3 aromatic rings. The molecule has 0 aromatic heterocycles. The van der Waals surface area contributed by atoms with Crippen molar-refractivity contribution in [1.82, 2.24) is 9.31 Å². The normalized spacial score (nSPS) is 13.6. The number of fused-ring (bicyclic) bond motifs is 1. The van der Waals surface area contributed by atoms with Gasteiger partial charge in [-0.2, -0.15) is 17.9 Å². The van der Waals surface area contributed by atoms with E-state index in [0.717, 1.165) is 14.9 Å². The lowest BCUT2D eigenvalue weighted by molar-refractivity contribution is -0.142. The van der Waals surface area contributed by atoms with Gasteiger partial charge in [-0.1, -0.05) is 35.9 Å². The Morgan fingerprint density at radius 1 is 0.930 bits per heavy atom. The van der Waals surface area contributed by atoms with Crippen LogP contribution in [-0.4, -0.2) is 75.1 Å². The van der Waals surface area contributed by atoms with Crippen LogP contribution in [-0.2, 0) is 19.6 Å². The second-order valence-electron chi connectivity index (χ2n) is 9.82. The molecule has 11 nitrogen and oxygen atoms in total. The Morgan fingerprint density at radius 2 is 1.51 bits per heavy atom. The molecule has 0 spiro atoms. The monoisotopic (exact) mass is 607 g/mol. The van der Waals surface area contributed by atoms with E-state index in [1.54, 1.807) is 54.6 Å². The summed E-state index contributed by atoms with van der Waals surface area (Å²) in [6.45, 7) is 2.77. The molecule has 1 aliphatic rings. The molecule has 0 saturated carbocycles. The van der Waals surface area contributed by atoms with Gasteiger partial charge in [0.25, 0.3) is 21.8 Å². The molecule has 12 heteroatoms. The number of ether oxygens (including phenoxy) is 3. The number of carbonyl (C=O) groups is 3. The molecule has 4 rings (SSSR count). The van der Waals surface area contributed by atoms with Crippen LogP contribution in [0.25, 0.3) is 0 Å². The van der Waals surface area contributed by atoms with Gasteiger partial charge in [0.15, 0.2) is 0 Å². The summed E-state index contributed by atoms with van der Waals surface area (Å²) >= 11 is 0. The molecule has 0 fully saturated rings. The van der Waals surface area contributed by atoms with E-state index in [0.29, 0.717) is 28.2 Å². The Hall–Kier alpha value is -4.71. The predicted octanol–water partition coefficient (Wildman–Crippen LogP) is 4.05. The van der Waals surface area contributed by atoms with Gasteiger partial charge in [0, 0.05) is 13.5 Å². The average molecular weight is 608 g/mol. The van der Waals surface area contributed by atoms with Gasteiger partial charge in [-0.25, -0.2) is 0 Å². The van der Waals surface area contributed by atoms with E-state index in [1.807, 2.05) is 6.92 Å². The number of sulfonamides is 1. The molecule has 1 atom stereocenters. The Morgan fingerprint density at radius 3 is 2.05 bits per heavy atom. The average Bonchev–Trinajstić information content (AvgIpc) is 3.24. The van der Waals surface area contributed by atoms with Crippen LogP contribution >= 0.6 is 0 Å². The number of nitrogens with zero attached hydrogens (tertiary/aromatic N) is 3. The second-order valence-corrected chi connectivity index (χ2v) is 11.6. The number of carbonyl (C=O) groups excluding carboxylic acids is 3. The SMILES string of the molecule is COc1cccc(OC)c1/C=N/N(C(CCCN1C(=O)c2ccccc2C1=O)COC(C)=O)S(=O)(=O)c1ccc(C)cc1. The van der Waals surface area contributed by atoms with Gasteiger partial charge in [0.05, 0.1) is 48.1 Å². The number of esters is 1. The molecule has 2 amide bonds. The van der Waals surface area contributed by atoms with Crippen LogP contribution in [0.15, 0.2) is 76.7 Å². The lowest BCUT2D eigenvalue weighted by atomic mass is 10.1. The first-order valence-electron chi connectivity index (χ1n) is 13.5. The summed E-state index contributed by atoms with van der Waals surface area (Å²) in [5, 5.41) is 4.39. The van der Waals surface area contributed by atoms with Crippen LogP contribution in [0.3, 0.4) is 0 Å². The third kappa shape index (κ3) is 6.86. The van der Waals surface area contributed by atoms with Gasteiger partial charge in [-0.05, 0) is 56.2 Å². The minimum atomic E-state index is -4.27. The highest BCUT2D eigenvalue weighted by atomic mass is 32.2. The summed E-state index contributed by atoms with van der Waals surface area (Å²) < 4.78 is 45.1. The number of imide groups is 1. The summed E-state index contributed by atoms with van der Waals surface area (Å²) in [5.41, 5.74) is 1.91. The number of hydrazone groups is 1. The van der Waals surface area contributed by atoms with Crippen molar-refractivity contribution >= 4 is 34.0 Å². The van der Waals surface area contributed by atoms with E-state index in [2.05, 4.69) is 5.10 Å². The first-order valence-corrected chi connectivity index (χ1v) is 15.0. The van der Waals surface area contributed by atoms with E-state index < -0.39 is 33.8 Å². The maximum atomic E-state index is 14.0. The largest absolute Gasteiger partial charge is 0.496 e. The van der Waals surface area contributed by atoms with Crippen LogP contribution in [0.4, 0.5) is 0 Å². The molecule has 0 N–H and O–H groups in total. The molecule has 3 aromatic carbocycles. The fourth-order valence-electron chi connectivity index (χ4n) is 4.69. The van der Waals surface area contributed by atoms with Crippen molar-refractivity contribution in [2.45, 2.75) is 37.6 Å². The van der Waals surface area contributed by atoms with E-state index in [4.69, 9.17) is 14.2 Å². The fraction of sp³-hybridized carbons (Fsp3) is 0.290. The lowest BCUT2D eigenvalue weighted by Crippen LogP contribution is -2.41. The van der Waals surface area contributed by atoms with Gasteiger partial charge in [0.2, 0.25) is 0 Å². The van der Waals surface area contributed by atoms with Gasteiger partial charge in [0.1, 0.15) is 18.1 Å². The van der Waals surface area contributed by atoms with Crippen molar-refractivity contribution in [3.8, 4) is 11.5 Å². The quantitative estimate of drug-likeness (QED) is 0.123. The fourth-order valence-corrected chi connectivity index (χ4v) is 6.12. The van der Waals surface area contributed by atoms with Gasteiger partial charge >= 0.3 is 5.97 Å². The zero-order valence-corrected chi connectivity index (χ0v) is 25.2. The highest BCUT2D eigenvalue weighted by Gasteiger charge is 2.36. The first kappa shape index (κ1) is 31.2. The highest BCUT2D eigenvalue weighted by Crippen LogP contribution is 2.29. The number of methoxy groups -OCH3 is 2. The molecule has 0 aliphatic carbocycles. The van der Waals surface area contributed by atoms with Gasteiger partial charge in [-0.3, -0.25) is 19.3 Å². The zero-order valence-electron chi connectivity index (χ0n) is 24.3. The second kappa shape index (κ2) is 13.5. The summed E-state index contributed by atoms with van der Waals surface area (Å²) in [6, 6.07) is 16.9. The van der Waals surface area contributed by atoms with Crippen molar-refractivity contribution in [1.29, 1.82) is 0 Å². The zero-order chi connectivity index (χ0) is 31.1. The van der Waals surface area contributed by atoms with Crippen LogP contribution in [0.1, 0.15) is 51.6 Å². The van der Waals surface area contributed by atoms with E-state index >= 15 is 0 Å². The molecular formula is C31H33N3O8S. The smallest absolute Gasteiger partial charge is 0.302 e. The van der Waals surface area contributed by atoms with Gasteiger partial charge in [-0.15, -0.1) is 0 Å². The van der Waals surface area contributed by atoms with Crippen LogP contribution in [0.5, 0.6) is 11.5 Å².